The van der Waals surface area contributed by atoms with Gasteiger partial charge in [-0.05, 0) is 19.8 Å². The summed E-state index contributed by atoms with van der Waals surface area (Å²) >= 11 is 0. The van der Waals surface area contributed by atoms with Crippen molar-refractivity contribution in [2.75, 3.05) is 26.9 Å². The number of aliphatic hydroxyl groups is 1. The molecule has 0 atom stereocenters. The summed E-state index contributed by atoms with van der Waals surface area (Å²) in [7, 11) is 1.80. The number of aliphatic hydroxyl groups excluding tert-OH is 1. The van der Waals surface area contributed by atoms with Crippen LogP contribution in [0.25, 0.3) is 0 Å². The van der Waals surface area contributed by atoms with E-state index in [-0.39, 0.29) is 6.61 Å². The van der Waals surface area contributed by atoms with Crippen molar-refractivity contribution in [2.24, 2.45) is 0 Å². The van der Waals surface area contributed by atoms with E-state index in [9.17, 15) is 0 Å². The smallest absolute Gasteiger partial charge is 0.0697 e. The Balaban J connectivity index is 0.000000226. The highest BCUT2D eigenvalue weighted by Crippen LogP contribution is 2.19. The molecule has 0 aromatic rings. The van der Waals surface area contributed by atoms with Gasteiger partial charge in [0, 0.05) is 13.7 Å². The zero-order valence-electron chi connectivity index (χ0n) is 8.79. The summed E-state index contributed by atoms with van der Waals surface area (Å²) < 4.78 is 9.84. The lowest BCUT2D eigenvalue weighted by Crippen LogP contribution is -2.01. The quantitative estimate of drug-likeness (QED) is 0.684. The van der Waals surface area contributed by atoms with Crippen LogP contribution in [0.15, 0.2) is 0 Å². The van der Waals surface area contributed by atoms with Crippen LogP contribution in [-0.4, -0.2) is 38.1 Å². The molecule has 3 heteroatoms. The lowest BCUT2D eigenvalue weighted by atomic mass is 10.3. The summed E-state index contributed by atoms with van der Waals surface area (Å²) in [5.41, 5.74) is 0. The van der Waals surface area contributed by atoms with E-state index >= 15 is 0 Å². The first-order valence-corrected chi connectivity index (χ1v) is 5.06. The molecule has 80 valence electrons. The number of methoxy groups -OCH3 is 1. The Bertz CT molecular complexity index is 86.2. The molecule has 1 aliphatic rings. The third kappa shape index (κ3) is 8.22. The van der Waals surface area contributed by atoms with Crippen LogP contribution in [0.5, 0.6) is 0 Å². The van der Waals surface area contributed by atoms with Crippen LogP contribution in [-0.2, 0) is 9.47 Å². The second-order valence-electron chi connectivity index (χ2n) is 3.06. The van der Waals surface area contributed by atoms with Crippen molar-refractivity contribution < 1.29 is 14.6 Å². The predicted molar refractivity (Wildman–Crippen MR) is 52.8 cm³/mol. The van der Waals surface area contributed by atoms with Gasteiger partial charge in [0.05, 0.1) is 19.3 Å². The molecule has 1 aliphatic carbocycles. The molecule has 0 spiro atoms. The largest absolute Gasteiger partial charge is 0.394 e. The van der Waals surface area contributed by atoms with Crippen LogP contribution in [0.4, 0.5) is 0 Å². The van der Waals surface area contributed by atoms with Gasteiger partial charge in [0.1, 0.15) is 0 Å². The van der Waals surface area contributed by atoms with Crippen molar-refractivity contribution >= 4 is 0 Å². The molecule has 0 aliphatic heterocycles. The van der Waals surface area contributed by atoms with Crippen molar-refractivity contribution in [2.45, 2.75) is 38.7 Å². The molecule has 1 saturated carbocycles. The van der Waals surface area contributed by atoms with Crippen LogP contribution < -0.4 is 0 Å². The summed E-state index contributed by atoms with van der Waals surface area (Å²) in [4.78, 5) is 0. The van der Waals surface area contributed by atoms with Crippen LogP contribution in [0, 0.1) is 0 Å². The monoisotopic (exact) mass is 190 g/mol. The minimum Gasteiger partial charge on any atom is -0.394 e. The summed E-state index contributed by atoms with van der Waals surface area (Å²) in [6.07, 6.45) is 5.92. The third-order valence-corrected chi connectivity index (χ3v) is 2.08. The molecule has 0 amide bonds. The molecule has 0 heterocycles. The Morgan fingerprint density at radius 1 is 1.31 bits per heavy atom. The first-order valence-electron chi connectivity index (χ1n) is 5.06. The molecular weight excluding hydrogens is 168 g/mol. The molecule has 0 saturated heterocycles. The Kier molecular flexibility index (Phi) is 9.87. The Hall–Kier alpha value is -0.120. The molecule has 1 rings (SSSR count). The van der Waals surface area contributed by atoms with E-state index in [1.807, 2.05) is 6.92 Å². The van der Waals surface area contributed by atoms with Crippen molar-refractivity contribution in [3.8, 4) is 0 Å². The van der Waals surface area contributed by atoms with Gasteiger partial charge in [0.25, 0.3) is 0 Å². The number of rotatable bonds is 4. The molecule has 0 radical (unpaired) electrons. The first-order chi connectivity index (χ1) is 6.35. The molecule has 3 nitrogen and oxygen atoms in total. The Morgan fingerprint density at radius 2 is 1.92 bits per heavy atom. The Morgan fingerprint density at radius 3 is 2.15 bits per heavy atom. The average Bonchev–Trinajstić information content (AvgIpc) is 2.68. The standard InChI is InChI=1S/C6H12O.C4H10O2/c1-7-6-4-2-3-5-6;1-2-6-4-3-5/h6H,2-5H2,1H3;5H,2-4H2,1H3. The summed E-state index contributed by atoms with van der Waals surface area (Å²) in [6, 6.07) is 0. The normalized spacial score (nSPS) is 16.8. The van der Waals surface area contributed by atoms with E-state index in [2.05, 4.69) is 0 Å². The van der Waals surface area contributed by atoms with E-state index in [4.69, 9.17) is 14.6 Å². The van der Waals surface area contributed by atoms with Crippen LogP contribution in [0.3, 0.4) is 0 Å². The molecular formula is C10H22O3. The fourth-order valence-electron chi connectivity index (χ4n) is 1.33. The first kappa shape index (κ1) is 12.9. The Labute approximate surface area is 81.0 Å². The second-order valence-corrected chi connectivity index (χ2v) is 3.06. The van der Waals surface area contributed by atoms with E-state index in [1.54, 1.807) is 7.11 Å². The van der Waals surface area contributed by atoms with Gasteiger partial charge in [-0.2, -0.15) is 0 Å². The van der Waals surface area contributed by atoms with E-state index < -0.39 is 0 Å². The van der Waals surface area contributed by atoms with Gasteiger partial charge < -0.3 is 14.6 Å². The van der Waals surface area contributed by atoms with Crippen molar-refractivity contribution in [3.05, 3.63) is 0 Å². The highest BCUT2D eigenvalue weighted by molar-refractivity contribution is 4.65. The maximum absolute atomic E-state index is 8.07. The zero-order valence-corrected chi connectivity index (χ0v) is 8.79. The average molecular weight is 190 g/mol. The van der Waals surface area contributed by atoms with Gasteiger partial charge in [0.15, 0.2) is 0 Å². The molecule has 13 heavy (non-hydrogen) atoms. The third-order valence-electron chi connectivity index (χ3n) is 2.08. The fourth-order valence-corrected chi connectivity index (χ4v) is 1.33. The minimum absolute atomic E-state index is 0.133. The van der Waals surface area contributed by atoms with Crippen LogP contribution in [0.1, 0.15) is 32.6 Å². The van der Waals surface area contributed by atoms with Gasteiger partial charge in [-0.25, -0.2) is 0 Å². The van der Waals surface area contributed by atoms with Crippen molar-refractivity contribution in [3.63, 3.8) is 0 Å². The van der Waals surface area contributed by atoms with Gasteiger partial charge >= 0.3 is 0 Å². The lowest BCUT2D eigenvalue weighted by Gasteiger charge is -2.02. The van der Waals surface area contributed by atoms with E-state index in [1.165, 1.54) is 25.7 Å². The summed E-state index contributed by atoms with van der Waals surface area (Å²) in [5.74, 6) is 0. The molecule has 0 bridgehead atoms. The highest BCUT2D eigenvalue weighted by atomic mass is 16.5. The lowest BCUT2D eigenvalue weighted by molar-refractivity contribution is 0.102. The predicted octanol–water partition coefficient (Wildman–Crippen LogP) is 1.59. The maximum atomic E-state index is 8.07. The topological polar surface area (TPSA) is 38.7 Å². The summed E-state index contributed by atoms with van der Waals surface area (Å²) in [6.45, 7) is 3.20. The number of ether oxygens (including phenoxy) is 2. The molecule has 0 aromatic carbocycles. The van der Waals surface area contributed by atoms with Crippen LogP contribution >= 0.6 is 0 Å². The number of hydrogen-bond acceptors (Lipinski definition) is 3. The number of hydrogen-bond donors (Lipinski definition) is 1. The minimum atomic E-state index is 0.133. The second kappa shape index (κ2) is 9.96. The molecule has 0 aromatic heterocycles. The molecule has 1 fully saturated rings. The van der Waals surface area contributed by atoms with Gasteiger partial charge in [-0.15, -0.1) is 0 Å². The van der Waals surface area contributed by atoms with Crippen LogP contribution in [0.2, 0.25) is 0 Å². The van der Waals surface area contributed by atoms with Gasteiger partial charge in [-0.1, -0.05) is 12.8 Å². The van der Waals surface area contributed by atoms with Gasteiger partial charge in [0.2, 0.25) is 0 Å². The molecule has 1 N–H and O–H groups in total. The maximum Gasteiger partial charge on any atom is 0.0697 e. The van der Waals surface area contributed by atoms with Crippen molar-refractivity contribution in [1.82, 2.24) is 0 Å². The van der Waals surface area contributed by atoms with E-state index in [0.717, 1.165) is 0 Å². The highest BCUT2D eigenvalue weighted by Gasteiger charge is 2.12. The van der Waals surface area contributed by atoms with E-state index in [0.29, 0.717) is 19.3 Å². The SMILES string of the molecule is CCOCCO.COC1CCCC1. The van der Waals surface area contributed by atoms with Crippen molar-refractivity contribution in [1.29, 1.82) is 0 Å². The summed E-state index contributed by atoms with van der Waals surface area (Å²) in [5, 5.41) is 8.07. The molecule has 0 unspecified atom stereocenters. The van der Waals surface area contributed by atoms with Gasteiger partial charge in [-0.3, -0.25) is 0 Å². The fraction of sp³-hybridized carbons (Fsp3) is 1.00. The zero-order chi connectivity index (χ0) is 9.94.